The van der Waals surface area contributed by atoms with Gasteiger partial charge in [0.1, 0.15) is 0 Å². The predicted octanol–water partition coefficient (Wildman–Crippen LogP) is 26.2. The molecular weight excluding hydrogens is 2010 g/mol. The quantitative estimate of drug-likeness (QED) is 0.212. The van der Waals surface area contributed by atoms with Gasteiger partial charge in [-0.3, -0.25) is 0 Å². The molecule has 0 aliphatic rings. The second-order valence-corrected chi connectivity index (χ2v) is 74.2. The normalized spacial score (nSPS) is 13.8. The van der Waals surface area contributed by atoms with Crippen molar-refractivity contribution in [2.75, 3.05) is 0 Å². The molecular formula is C72H162Sb8Si6. The molecule has 0 aromatic carbocycles. The summed E-state index contributed by atoms with van der Waals surface area (Å²) in [4.78, 5) is 0. The van der Waals surface area contributed by atoms with Gasteiger partial charge in [-0.15, -0.1) is 0 Å². The van der Waals surface area contributed by atoms with E-state index in [1.807, 2.05) is 0 Å². The Morgan fingerprint density at radius 2 is 0.105 bits per heavy atom. The maximum absolute atomic E-state index is 2.40. The monoisotopic (exact) mass is 2160 g/mol. The minimum Gasteiger partial charge on any atom is -0.0627 e. The summed E-state index contributed by atoms with van der Waals surface area (Å²) >= 11 is 0. The van der Waals surface area contributed by atoms with Crippen LogP contribution in [0.5, 0.6) is 0 Å². The molecule has 30 radical (unpaired) electrons. The van der Waals surface area contributed by atoms with Crippen LogP contribution in [0.15, 0.2) is 0 Å². The fraction of sp³-hybridized carbons (Fsp3) is 1.00. The van der Waals surface area contributed by atoms with E-state index in [4.69, 9.17) is 0 Å². The van der Waals surface area contributed by atoms with Crippen LogP contribution in [0.1, 0.15) is 374 Å². The standard InChI is InChI=1S/6C12H27Si.8Sb/c6*1-10(2,3)13(11(4,5)6)12(7,8)9;;;;;;;;/h6*1-9H3;;;;;;;;. The molecule has 0 unspecified atom stereocenters. The van der Waals surface area contributed by atoms with Crippen molar-refractivity contribution >= 4 is 248 Å². The van der Waals surface area contributed by atoms with E-state index in [1.54, 1.807) is 0 Å². The summed E-state index contributed by atoms with van der Waals surface area (Å²) in [5.74, 6) is 0. The van der Waals surface area contributed by atoms with Crippen molar-refractivity contribution in [1.29, 1.82) is 0 Å². The molecule has 0 atom stereocenters. The van der Waals surface area contributed by atoms with Crippen LogP contribution >= 0.6 is 0 Å². The van der Waals surface area contributed by atoms with Gasteiger partial charge in [-0.1, -0.05) is 374 Å². The van der Waals surface area contributed by atoms with Crippen molar-refractivity contribution in [1.82, 2.24) is 0 Å². The van der Waals surface area contributed by atoms with Crippen molar-refractivity contribution in [3.05, 3.63) is 0 Å². The van der Waals surface area contributed by atoms with E-state index in [0.29, 0.717) is 90.7 Å². The Bertz CT molecular complexity index is 1130. The molecule has 0 heterocycles. The molecule has 0 saturated heterocycles. The zero-order chi connectivity index (χ0) is 66.5. The van der Waals surface area contributed by atoms with Crippen LogP contribution in [-0.4, -0.2) is 248 Å². The van der Waals surface area contributed by atoms with E-state index >= 15 is 0 Å². The van der Waals surface area contributed by atoms with Gasteiger partial charge in [-0.25, -0.2) is 0 Å². The summed E-state index contributed by atoms with van der Waals surface area (Å²) < 4.78 is 0. The molecule has 0 bridgehead atoms. The van der Waals surface area contributed by atoms with Crippen LogP contribution in [0.2, 0.25) is 90.7 Å². The van der Waals surface area contributed by atoms with E-state index < -0.39 is 52.8 Å². The van der Waals surface area contributed by atoms with Gasteiger partial charge < -0.3 is 0 Å². The topological polar surface area (TPSA) is 0 Å². The molecule has 0 N–H and O–H groups in total. The van der Waals surface area contributed by atoms with E-state index in [9.17, 15) is 0 Å². The Balaban J connectivity index is -0.0000000592. The minimum atomic E-state index is -0.391. The van der Waals surface area contributed by atoms with E-state index in [2.05, 4.69) is 374 Å². The van der Waals surface area contributed by atoms with Crippen molar-refractivity contribution in [2.24, 2.45) is 0 Å². The summed E-state index contributed by atoms with van der Waals surface area (Å²) in [6.45, 7) is 130. The number of hydrogen-bond acceptors (Lipinski definition) is 0. The zero-order valence-corrected chi connectivity index (χ0v) is 96.0. The third-order valence-electron chi connectivity index (χ3n) is 13.5. The van der Waals surface area contributed by atoms with E-state index in [1.165, 1.54) is 0 Å². The molecule has 0 aliphatic carbocycles. The van der Waals surface area contributed by atoms with Gasteiger partial charge in [0.2, 0.25) is 0 Å². The van der Waals surface area contributed by atoms with Crippen molar-refractivity contribution in [2.45, 2.75) is 465 Å². The molecule has 0 spiro atoms. The summed E-state index contributed by atoms with van der Waals surface area (Å²) in [5, 5.41) is 8.77. The molecule has 0 saturated carbocycles. The van der Waals surface area contributed by atoms with Crippen molar-refractivity contribution in [3.63, 3.8) is 0 Å². The Hall–Kier alpha value is 7.85. The SMILES string of the molecule is CC(C)(C)[Si](C(C)(C)C)C(C)(C)C.CC(C)(C)[Si](C(C)(C)C)C(C)(C)C.CC(C)(C)[Si](C(C)(C)C)C(C)(C)C.CC(C)(C)[Si](C(C)(C)C)C(C)(C)C.CC(C)(C)[Si](C(C)(C)C)C(C)(C)C.CC(C)(C)[Si](C(C)(C)C)C(C)(C)C.[Sb].[Sb].[Sb].[Sb].[Sb].[Sb].[Sb].[Sb]. The first-order valence-electron chi connectivity index (χ1n) is 31.5. The fourth-order valence-corrected chi connectivity index (χ4v) is 60.8. The molecule has 0 amide bonds. The van der Waals surface area contributed by atoms with Gasteiger partial charge in [0.05, 0.1) is 52.8 Å². The van der Waals surface area contributed by atoms with E-state index in [0.717, 1.165) is 0 Å². The van der Waals surface area contributed by atoms with Crippen molar-refractivity contribution in [3.8, 4) is 0 Å². The largest absolute Gasteiger partial charge is 0.0652 e. The van der Waals surface area contributed by atoms with Gasteiger partial charge in [-0.05, 0) is 90.7 Å². The van der Waals surface area contributed by atoms with Gasteiger partial charge in [0.25, 0.3) is 0 Å². The summed E-state index contributed by atoms with van der Waals surface area (Å²) in [7, 11) is -2.35. The average Bonchev–Trinajstić information content (AvgIpc) is 2.82. The Labute approximate surface area is 702 Å². The Kier molecular flexibility index (Phi) is 64.5. The van der Waals surface area contributed by atoms with Crippen LogP contribution < -0.4 is 0 Å². The predicted molar refractivity (Wildman–Crippen MR) is 435 cm³/mol. The third kappa shape index (κ3) is 56.5. The van der Waals surface area contributed by atoms with Gasteiger partial charge in [0, 0.05) is 195 Å². The summed E-state index contributed by atoms with van der Waals surface area (Å²) in [5.41, 5.74) is 0. The molecule has 514 valence electrons. The minimum absolute atomic E-state index is 0. The van der Waals surface area contributed by atoms with Gasteiger partial charge in [0.15, 0.2) is 0 Å². The smallest absolute Gasteiger partial charge is 0.0627 e. The molecule has 86 heavy (non-hydrogen) atoms. The second kappa shape index (κ2) is 43.7. The first kappa shape index (κ1) is 127. The summed E-state index contributed by atoms with van der Waals surface area (Å²) in [6.07, 6.45) is 0. The molecule has 0 aromatic rings. The molecule has 0 rings (SSSR count). The molecule has 14 heteroatoms. The number of rotatable bonds is 0. The van der Waals surface area contributed by atoms with Gasteiger partial charge >= 0.3 is 0 Å². The van der Waals surface area contributed by atoms with Crippen LogP contribution in [0.3, 0.4) is 0 Å². The Morgan fingerprint density at radius 3 is 0.105 bits per heavy atom. The second-order valence-electron chi connectivity index (χ2n) is 42.8. The Morgan fingerprint density at radius 1 is 0.0814 bits per heavy atom. The first-order valence-corrected chi connectivity index (χ1v) is 40.5. The van der Waals surface area contributed by atoms with E-state index in [-0.39, 0.29) is 195 Å². The number of hydrogen-bond donors (Lipinski definition) is 0. The third-order valence-corrected chi connectivity index (χ3v) is 40.5. The molecule has 0 aromatic heterocycles. The van der Waals surface area contributed by atoms with Crippen molar-refractivity contribution < 1.29 is 0 Å². The van der Waals surface area contributed by atoms with Crippen LogP contribution in [0, 0.1) is 0 Å². The molecule has 0 fully saturated rings. The molecule has 0 nitrogen and oxygen atoms in total. The van der Waals surface area contributed by atoms with Crippen LogP contribution in [-0.2, 0) is 0 Å². The maximum atomic E-state index is 2.40. The maximum Gasteiger partial charge on any atom is 0.0652 e. The van der Waals surface area contributed by atoms with Crippen LogP contribution in [0.4, 0.5) is 0 Å². The van der Waals surface area contributed by atoms with Gasteiger partial charge in [-0.2, -0.15) is 0 Å². The molecule has 0 aliphatic heterocycles. The van der Waals surface area contributed by atoms with Crippen LogP contribution in [0.25, 0.3) is 0 Å². The zero-order valence-electron chi connectivity index (χ0n) is 69.6. The first-order chi connectivity index (χ1) is 32.2. The fourth-order valence-electron chi connectivity index (χ4n) is 20.2. The summed E-state index contributed by atoms with van der Waals surface area (Å²) in [6, 6.07) is 0. The average molecular weight is 2170 g/mol.